The zero-order valence-corrected chi connectivity index (χ0v) is 13.0. The van der Waals surface area contributed by atoms with Crippen LogP contribution in [-0.4, -0.2) is 17.0 Å². The fourth-order valence-electron chi connectivity index (χ4n) is 2.30. The van der Waals surface area contributed by atoms with E-state index in [1.54, 1.807) is 10.6 Å². The fourth-order valence-corrected chi connectivity index (χ4v) is 2.30. The molecule has 22 heavy (non-hydrogen) atoms. The Morgan fingerprint density at radius 1 is 1.09 bits per heavy atom. The highest BCUT2D eigenvalue weighted by Gasteiger charge is 2.09. The monoisotopic (exact) mass is 299 g/mol. The van der Waals surface area contributed by atoms with Crippen LogP contribution in [0.1, 0.15) is 35.8 Å². The van der Waals surface area contributed by atoms with Crippen LogP contribution in [0.2, 0.25) is 0 Å². The van der Waals surface area contributed by atoms with Crippen LogP contribution in [0.25, 0.3) is 0 Å². The summed E-state index contributed by atoms with van der Waals surface area (Å²) in [7, 11) is 0. The second-order valence-electron chi connectivity index (χ2n) is 5.27. The second kappa shape index (κ2) is 7.59. The minimum atomic E-state index is -0.198. The van der Waals surface area contributed by atoms with E-state index in [2.05, 4.69) is 0 Å². The predicted octanol–water partition coefficient (Wildman–Crippen LogP) is 3.22. The van der Waals surface area contributed by atoms with Crippen LogP contribution in [-0.2, 0) is 6.54 Å². The summed E-state index contributed by atoms with van der Waals surface area (Å²) in [5.41, 5.74) is 0.932. The van der Waals surface area contributed by atoms with Crippen molar-refractivity contribution in [1.29, 1.82) is 0 Å². The van der Waals surface area contributed by atoms with Gasteiger partial charge in [0.15, 0.2) is 5.78 Å². The SMILES string of the molecule is CC(=O)c1ccc(C)n(CCCCOc2ccccc2)c1=O. The van der Waals surface area contributed by atoms with Crippen LogP contribution in [0.15, 0.2) is 47.3 Å². The third kappa shape index (κ3) is 4.07. The maximum Gasteiger partial charge on any atom is 0.261 e. The van der Waals surface area contributed by atoms with Gasteiger partial charge in [-0.2, -0.15) is 0 Å². The van der Waals surface area contributed by atoms with Crippen LogP contribution < -0.4 is 10.3 Å². The summed E-state index contributed by atoms with van der Waals surface area (Å²) >= 11 is 0. The van der Waals surface area contributed by atoms with Crippen molar-refractivity contribution in [3.8, 4) is 5.75 Å². The molecule has 4 heteroatoms. The van der Waals surface area contributed by atoms with Gasteiger partial charge in [-0.3, -0.25) is 9.59 Å². The van der Waals surface area contributed by atoms with E-state index in [4.69, 9.17) is 4.74 Å². The maximum atomic E-state index is 12.2. The Bertz CT molecular complexity index is 689. The van der Waals surface area contributed by atoms with Crippen molar-refractivity contribution in [1.82, 2.24) is 4.57 Å². The van der Waals surface area contributed by atoms with Crippen molar-refractivity contribution in [2.75, 3.05) is 6.61 Å². The van der Waals surface area contributed by atoms with Crippen molar-refractivity contribution in [3.05, 3.63) is 64.1 Å². The molecule has 0 saturated carbocycles. The maximum absolute atomic E-state index is 12.2. The summed E-state index contributed by atoms with van der Waals surface area (Å²) in [5.74, 6) is 0.667. The van der Waals surface area contributed by atoms with E-state index in [9.17, 15) is 9.59 Å². The van der Waals surface area contributed by atoms with Gasteiger partial charge in [-0.1, -0.05) is 18.2 Å². The molecule has 116 valence electrons. The first-order valence-electron chi connectivity index (χ1n) is 7.49. The average molecular weight is 299 g/mol. The molecule has 0 saturated heterocycles. The van der Waals surface area contributed by atoms with Crippen LogP contribution >= 0.6 is 0 Å². The molecule has 2 rings (SSSR count). The van der Waals surface area contributed by atoms with Crippen LogP contribution in [0.5, 0.6) is 5.75 Å². The summed E-state index contributed by atoms with van der Waals surface area (Å²) in [6, 6.07) is 13.1. The number of carbonyl (C=O) groups excluding carboxylic acids is 1. The number of Topliss-reactive ketones (excluding diaryl/α,β-unsaturated/α-hetero) is 1. The Labute approximate surface area is 130 Å². The zero-order chi connectivity index (χ0) is 15.9. The first-order valence-corrected chi connectivity index (χ1v) is 7.49. The number of carbonyl (C=O) groups is 1. The summed E-state index contributed by atoms with van der Waals surface area (Å²) in [6.45, 7) is 4.52. The lowest BCUT2D eigenvalue weighted by molar-refractivity contribution is 0.101. The van der Waals surface area contributed by atoms with Crippen LogP contribution in [0, 0.1) is 6.92 Å². The van der Waals surface area contributed by atoms with E-state index in [-0.39, 0.29) is 16.9 Å². The number of para-hydroxylation sites is 1. The Balaban J connectivity index is 1.88. The first kappa shape index (κ1) is 16.0. The smallest absolute Gasteiger partial charge is 0.261 e. The molecule has 0 amide bonds. The predicted molar refractivity (Wildman–Crippen MR) is 86.6 cm³/mol. The minimum absolute atomic E-state index is 0.189. The molecular formula is C18H21NO3. The van der Waals surface area contributed by atoms with Gasteiger partial charge >= 0.3 is 0 Å². The molecule has 2 aromatic rings. The molecule has 1 aromatic heterocycles. The van der Waals surface area contributed by atoms with E-state index >= 15 is 0 Å². The molecule has 4 nitrogen and oxygen atoms in total. The number of aromatic nitrogens is 1. The van der Waals surface area contributed by atoms with E-state index in [1.165, 1.54) is 6.92 Å². The molecule has 1 heterocycles. The number of benzene rings is 1. The van der Waals surface area contributed by atoms with Gasteiger partial charge in [-0.15, -0.1) is 0 Å². The number of aryl methyl sites for hydroxylation is 1. The number of nitrogens with zero attached hydrogens (tertiary/aromatic N) is 1. The molecule has 0 unspecified atom stereocenters. The van der Waals surface area contributed by atoms with Gasteiger partial charge in [-0.05, 0) is 51.0 Å². The Morgan fingerprint density at radius 3 is 2.50 bits per heavy atom. The lowest BCUT2D eigenvalue weighted by atomic mass is 10.2. The number of hydrogen-bond donors (Lipinski definition) is 0. The largest absolute Gasteiger partial charge is 0.494 e. The number of hydrogen-bond acceptors (Lipinski definition) is 3. The minimum Gasteiger partial charge on any atom is -0.494 e. The van der Waals surface area contributed by atoms with Crippen molar-refractivity contribution in [2.45, 2.75) is 33.2 Å². The molecular weight excluding hydrogens is 278 g/mol. The average Bonchev–Trinajstić information content (AvgIpc) is 2.50. The van der Waals surface area contributed by atoms with Crippen molar-refractivity contribution >= 4 is 5.78 Å². The molecule has 0 aliphatic rings. The quantitative estimate of drug-likeness (QED) is 0.582. The molecule has 0 aliphatic heterocycles. The normalized spacial score (nSPS) is 10.5. The van der Waals surface area contributed by atoms with Crippen molar-refractivity contribution < 1.29 is 9.53 Å². The number of unbranched alkanes of at least 4 members (excludes halogenated alkanes) is 1. The van der Waals surface area contributed by atoms with Gasteiger partial charge in [0.2, 0.25) is 0 Å². The highest BCUT2D eigenvalue weighted by Crippen LogP contribution is 2.09. The standard InChI is InChI=1S/C18H21NO3/c1-14-10-11-17(15(2)20)18(21)19(14)12-6-7-13-22-16-8-4-3-5-9-16/h3-5,8-11H,6-7,12-13H2,1-2H3. The van der Waals surface area contributed by atoms with E-state index in [0.717, 1.165) is 24.3 Å². The fraction of sp³-hybridized carbons (Fsp3) is 0.333. The topological polar surface area (TPSA) is 48.3 Å². The molecule has 0 aliphatic carbocycles. The lowest BCUT2D eigenvalue weighted by Gasteiger charge is -2.11. The van der Waals surface area contributed by atoms with Gasteiger partial charge < -0.3 is 9.30 Å². The Hall–Kier alpha value is -2.36. The second-order valence-corrected chi connectivity index (χ2v) is 5.27. The molecule has 0 N–H and O–H groups in total. The summed E-state index contributed by atoms with van der Waals surface area (Å²) in [4.78, 5) is 23.7. The van der Waals surface area contributed by atoms with Crippen LogP contribution in [0.4, 0.5) is 0 Å². The zero-order valence-electron chi connectivity index (χ0n) is 13.0. The molecule has 0 fully saturated rings. The molecule has 0 bridgehead atoms. The van der Waals surface area contributed by atoms with Crippen molar-refractivity contribution in [3.63, 3.8) is 0 Å². The Morgan fingerprint density at radius 2 is 1.82 bits per heavy atom. The molecule has 0 spiro atoms. The Kier molecular flexibility index (Phi) is 5.53. The first-order chi connectivity index (χ1) is 10.6. The number of ketones is 1. The van der Waals surface area contributed by atoms with Crippen LogP contribution in [0.3, 0.4) is 0 Å². The number of rotatable bonds is 7. The highest BCUT2D eigenvalue weighted by molar-refractivity contribution is 5.93. The highest BCUT2D eigenvalue weighted by atomic mass is 16.5. The number of pyridine rings is 1. The van der Waals surface area contributed by atoms with E-state index in [0.29, 0.717) is 13.2 Å². The van der Waals surface area contributed by atoms with Gasteiger partial charge in [0.25, 0.3) is 5.56 Å². The third-order valence-electron chi connectivity index (χ3n) is 3.56. The molecule has 0 radical (unpaired) electrons. The molecule has 1 aromatic carbocycles. The third-order valence-corrected chi connectivity index (χ3v) is 3.56. The van der Waals surface area contributed by atoms with Gasteiger partial charge in [-0.25, -0.2) is 0 Å². The summed E-state index contributed by atoms with van der Waals surface area (Å²) < 4.78 is 7.29. The number of ether oxygens (including phenoxy) is 1. The molecule has 0 atom stereocenters. The van der Waals surface area contributed by atoms with Crippen molar-refractivity contribution in [2.24, 2.45) is 0 Å². The van der Waals surface area contributed by atoms with E-state index in [1.807, 2.05) is 43.3 Å². The summed E-state index contributed by atoms with van der Waals surface area (Å²) in [6.07, 6.45) is 1.68. The van der Waals surface area contributed by atoms with Gasteiger partial charge in [0, 0.05) is 12.2 Å². The van der Waals surface area contributed by atoms with Gasteiger partial charge in [0.05, 0.1) is 12.2 Å². The summed E-state index contributed by atoms with van der Waals surface area (Å²) in [5, 5.41) is 0. The lowest BCUT2D eigenvalue weighted by Crippen LogP contribution is -2.27. The van der Waals surface area contributed by atoms with E-state index < -0.39 is 0 Å². The van der Waals surface area contributed by atoms with Gasteiger partial charge in [0.1, 0.15) is 5.75 Å².